The molecule has 1 atom stereocenters. The molecule has 2 aliphatic heterocycles. The van der Waals surface area contributed by atoms with Gasteiger partial charge in [0.15, 0.2) is 11.5 Å². The van der Waals surface area contributed by atoms with E-state index in [1.54, 1.807) is 12.1 Å². The van der Waals surface area contributed by atoms with Gasteiger partial charge < -0.3 is 15.2 Å². The predicted octanol–water partition coefficient (Wildman–Crippen LogP) is 2.38. The zero-order valence-electron chi connectivity index (χ0n) is 17.8. The Balaban J connectivity index is 1.49. The number of nitrogens with two attached hydrogens (primary N) is 1. The lowest BCUT2D eigenvalue weighted by Gasteiger charge is -2.26. The van der Waals surface area contributed by atoms with Crippen LogP contribution >= 0.6 is 0 Å². The molecule has 166 valence electrons. The van der Waals surface area contributed by atoms with Crippen LogP contribution in [0, 0.1) is 0 Å². The minimum atomic E-state index is -0.564. The maximum atomic E-state index is 13.1. The summed E-state index contributed by atoms with van der Waals surface area (Å²) in [4.78, 5) is 31.8. The van der Waals surface area contributed by atoms with Crippen LogP contribution in [0.2, 0.25) is 0 Å². The first-order chi connectivity index (χ1) is 15.6. The molecule has 2 aromatic carbocycles. The van der Waals surface area contributed by atoms with E-state index in [4.69, 9.17) is 20.2 Å². The Morgan fingerprint density at radius 2 is 1.91 bits per heavy atom. The van der Waals surface area contributed by atoms with Crippen molar-refractivity contribution < 1.29 is 14.3 Å². The van der Waals surface area contributed by atoms with Gasteiger partial charge in [-0.15, -0.1) is 0 Å². The second-order valence-corrected chi connectivity index (χ2v) is 8.29. The molecule has 1 amide bonds. The highest BCUT2D eigenvalue weighted by atomic mass is 16.5. The average Bonchev–Trinajstić information content (AvgIpc) is 3.11. The Bertz CT molecular complexity index is 1220. The molecule has 3 aromatic rings. The summed E-state index contributed by atoms with van der Waals surface area (Å²) in [6, 6.07) is 13.5. The van der Waals surface area contributed by atoms with Crippen LogP contribution < -0.4 is 20.8 Å². The van der Waals surface area contributed by atoms with Gasteiger partial charge in [-0.05, 0) is 49.2 Å². The summed E-state index contributed by atoms with van der Waals surface area (Å²) in [6.07, 6.45) is 2.89. The minimum Gasteiger partial charge on any atom is -0.490 e. The van der Waals surface area contributed by atoms with Crippen molar-refractivity contribution in [2.24, 2.45) is 5.73 Å². The van der Waals surface area contributed by atoms with Gasteiger partial charge in [0.25, 0.3) is 5.56 Å². The van der Waals surface area contributed by atoms with Crippen molar-refractivity contribution in [2.75, 3.05) is 19.8 Å². The highest BCUT2D eigenvalue weighted by molar-refractivity contribution is 5.78. The van der Waals surface area contributed by atoms with E-state index in [0.717, 1.165) is 42.9 Å². The third kappa shape index (κ3) is 3.93. The van der Waals surface area contributed by atoms with E-state index in [0.29, 0.717) is 36.5 Å². The van der Waals surface area contributed by atoms with Crippen molar-refractivity contribution in [2.45, 2.75) is 38.4 Å². The van der Waals surface area contributed by atoms with Gasteiger partial charge in [-0.1, -0.05) is 18.2 Å². The van der Waals surface area contributed by atoms with E-state index in [-0.39, 0.29) is 18.1 Å². The molecule has 1 aromatic heterocycles. The van der Waals surface area contributed by atoms with E-state index in [2.05, 4.69) is 17.0 Å². The third-order valence-corrected chi connectivity index (χ3v) is 6.12. The number of rotatable bonds is 5. The maximum absolute atomic E-state index is 13.1. The summed E-state index contributed by atoms with van der Waals surface area (Å²) in [5.41, 5.74) is 6.98. The molecule has 0 bridgehead atoms. The number of fused-ring (bicyclic) bond motifs is 2. The minimum absolute atomic E-state index is 0.164. The molecule has 0 radical (unpaired) electrons. The number of benzene rings is 2. The fourth-order valence-corrected chi connectivity index (χ4v) is 4.62. The number of carbonyl (C=O) groups is 1. The Morgan fingerprint density at radius 1 is 1.09 bits per heavy atom. The molecule has 1 fully saturated rings. The number of aromatic nitrogens is 2. The number of carbonyl (C=O) groups excluding carboxylic acids is 1. The van der Waals surface area contributed by atoms with E-state index >= 15 is 0 Å². The maximum Gasteiger partial charge on any atom is 0.261 e. The SMILES string of the molecule is NC(=O)Cn1c(CN2CCC[C@H]2c2ccc3c(c2)OCCCO3)nc2ccccc2c1=O. The second-order valence-electron chi connectivity index (χ2n) is 8.29. The smallest absolute Gasteiger partial charge is 0.261 e. The quantitative estimate of drug-likeness (QED) is 0.662. The Kier molecular flexibility index (Phi) is 5.53. The fourth-order valence-electron chi connectivity index (χ4n) is 4.62. The molecule has 0 spiro atoms. The molecule has 8 nitrogen and oxygen atoms in total. The van der Waals surface area contributed by atoms with E-state index < -0.39 is 5.91 Å². The third-order valence-electron chi connectivity index (χ3n) is 6.12. The van der Waals surface area contributed by atoms with Crippen molar-refractivity contribution in [3.05, 3.63) is 64.2 Å². The van der Waals surface area contributed by atoms with Crippen molar-refractivity contribution in [1.29, 1.82) is 0 Å². The number of nitrogens with zero attached hydrogens (tertiary/aromatic N) is 3. The second kappa shape index (κ2) is 8.63. The van der Waals surface area contributed by atoms with Gasteiger partial charge in [-0.25, -0.2) is 4.98 Å². The molecular formula is C24H26N4O4. The molecule has 0 saturated carbocycles. The Labute approximate surface area is 185 Å². The van der Waals surface area contributed by atoms with Gasteiger partial charge in [-0.3, -0.25) is 19.1 Å². The molecule has 2 aliphatic rings. The summed E-state index contributed by atoms with van der Waals surface area (Å²) >= 11 is 0. The van der Waals surface area contributed by atoms with Gasteiger partial charge in [0.05, 0.1) is 30.7 Å². The molecule has 1 saturated heterocycles. The monoisotopic (exact) mass is 434 g/mol. The van der Waals surface area contributed by atoms with Gasteiger partial charge in [0.1, 0.15) is 12.4 Å². The largest absolute Gasteiger partial charge is 0.490 e. The zero-order chi connectivity index (χ0) is 22.1. The van der Waals surface area contributed by atoms with Gasteiger partial charge >= 0.3 is 0 Å². The van der Waals surface area contributed by atoms with Crippen molar-refractivity contribution in [3.8, 4) is 11.5 Å². The summed E-state index contributed by atoms with van der Waals surface area (Å²) < 4.78 is 13.1. The van der Waals surface area contributed by atoms with Crippen LogP contribution in [-0.2, 0) is 17.9 Å². The molecule has 0 aliphatic carbocycles. The number of hydrogen-bond acceptors (Lipinski definition) is 6. The number of amides is 1. The summed E-state index contributed by atoms with van der Waals surface area (Å²) in [5, 5.41) is 0.485. The first-order valence-electron chi connectivity index (χ1n) is 11.0. The summed E-state index contributed by atoms with van der Waals surface area (Å²) in [6.45, 7) is 2.44. The summed E-state index contributed by atoms with van der Waals surface area (Å²) in [7, 11) is 0. The molecule has 8 heteroatoms. The molecule has 0 unspecified atom stereocenters. The van der Waals surface area contributed by atoms with E-state index in [1.807, 2.05) is 18.2 Å². The van der Waals surface area contributed by atoms with Crippen molar-refractivity contribution in [1.82, 2.24) is 14.5 Å². The lowest BCUT2D eigenvalue weighted by Crippen LogP contribution is -2.34. The van der Waals surface area contributed by atoms with Crippen LogP contribution in [0.4, 0.5) is 0 Å². The Hall–Kier alpha value is -3.39. The van der Waals surface area contributed by atoms with Crippen molar-refractivity contribution in [3.63, 3.8) is 0 Å². The van der Waals surface area contributed by atoms with Crippen LogP contribution in [0.1, 0.15) is 36.7 Å². The lowest BCUT2D eigenvalue weighted by molar-refractivity contribution is -0.118. The molecule has 3 heterocycles. The lowest BCUT2D eigenvalue weighted by atomic mass is 10.0. The molecule has 32 heavy (non-hydrogen) atoms. The number of primary amides is 1. The number of ether oxygens (including phenoxy) is 2. The standard InChI is InChI=1S/C24H26N4O4/c25-22(29)14-28-23(26-18-6-2-1-5-17(18)24(28)30)15-27-10-3-7-19(27)16-8-9-20-21(13-16)32-12-4-11-31-20/h1-2,5-6,8-9,13,19H,3-4,7,10-12,14-15H2,(H2,25,29)/t19-/m0/s1. The number of likely N-dealkylation sites (tertiary alicyclic amines) is 1. The Morgan fingerprint density at radius 3 is 2.75 bits per heavy atom. The first-order valence-corrected chi connectivity index (χ1v) is 11.0. The van der Waals surface area contributed by atoms with Crippen LogP contribution in [0.15, 0.2) is 47.3 Å². The number of para-hydroxylation sites is 1. The molecular weight excluding hydrogens is 408 g/mol. The molecule has 2 N–H and O–H groups in total. The van der Waals surface area contributed by atoms with Gasteiger partial charge in [0, 0.05) is 12.5 Å². The van der Waals surface area contributed by atoms with E-state index in [9.17, 15) is 9.59 Å². The van der Waals surface area contributed by atoms with Crippen LogP contribution in [0.25, 0.3) is 10.9 Å². The first kappa shape index (κ1) is 20.5. The van der Waals surface area contributed by atoms with Crippen LogP contribution in [0.5, 0.6) is 11.5 Å². The molecule has 5 rings (SSSR count). The normalized spacial score (nSPS) is 18.6. The van der Waals surface area contributed by atoms with Gasteiger partial charge in [0.2, 0.25) is 5.91 Å². The fraction of sp³-hybridized carbons (Fsp3) is 0.375. The predicted molar refractivity (Wildman–Crippen MR) is 120 cm³/mol. The zero-order valence-corrected chi connectivity index (χ0v) is 17.8. The topological polar surface area (TPSA) is 99.7 Å². The highest BCUT2D eigenvalue weighted by Gasteiger charge is 2.29. The highest BCUT2D eigenvalue weighted by Crippen LogP contribution is 2.38. The number of hydrogen-bond donors (Lipinski definition) is 1. The van der Waals surface area contributed by atoms with Crippen LogP contribution in [-0.4, -0.2) is 40.1 Å². The van der Waals surface area contributed by atoms with Crippen LogP contribution in [0.3, 0.4) is 0 Å². The van der Waals surface area contributed by atoms with E-state index in [1.165, 1.54) is 4.57 Å². The van der Waals surface area contributed by atoms with Gasteiger partial charge in [-0.2, -0.15) is 0 Å². The summed E-state index contributed by atoms with van der Waals surface area (Å²) in [5.74, 6) is 1.55. The average molecular weight is 434 g/mol. The van der Waals surface area contributed by atoms with Crippen molar-refractivity contribution >= 4 is 16.8 Å².